The summed E-state index contributed by atoms with van der Waals surface area (Å²) in [7, 11) is 1.62. The van der Waals surface area contributed by atoms with E-state index in [1.807, 2.05) is 60.0 Å². The van der Waals surface area contributed by atoms with Crippen LogP contribution in [0.2, 0.25) is 0 Å². The van der Waals surface area contributed by atoms with Gasteiger partial charge in [0, 0.05) is 17.7 Å². The second kappa shape index (κ2) is 9.91. The van der Waals surface area contributed by atoms with Crippen LogP contribution in [0.25, 0.3) is 0 Å². The number of carbonyl (C=O) groups is 2. The van der Waals surface area contributed by atoms with Crippen LogP contribution in [0.1, 0.15) is 45.6 Å². The number of rotatable bonds is 4. The number of ether oxygens (including phenoxy) is 1. The third-order valence-corrected chi connectivity index (χ3v) is 8.05. The molecule has 0 saturated carbocycles. The maximum atomic E-state index is 14.6. The van der Waals surface area contributed by atoms with Crippen molar-refractivity contribution in [3.8, 4) is 5.75 Å². The molecule has 0 bridgehead atoms. The number of anilines is 2. The number of hydrogen-bond donors (Lipinski definition) is 1. The van der Waals surface area contributed by atoms with Gasteiger partial charge in [-0.2, -0.15) is 0 Å². The van der Waals surface area contributed by atoms with Gasteiger partial charge in [-0.05, 0) is 71.3 Å². The van der Waals surface area contributed by atoms with E-state index in [2.05, 4.69) is 5.32 Å². The van der Waals surface area contributed by atoms with E-state index in [-0.39, 0.29) is 24.0 Å². The highest BCUT2D eigenvalue weighted by molar-refractivity contribution is 7.12. The number of nitrogens with one attached hydrogen (secondary N) is 1. The molecule has 4 aromatic rings. The summed E-state index contributed by atoms with van der Waals surface area (Å²) in [6.45, 7) is 0. The average Bonchev–Trinajstić information content (AvgIpc) is 3.43. The van der Waals surface area contributed by atoms with Crippen LogP contribution in [-0.4, -0.2) is 18.8 Å². The molecule has 0 fully saturated rings. The number of benzene rings is 3. The summed E-state index contributed by atoms with van der Waals surface area (Å²) in [6.07, 6.45) is 0.866. The Bertz CT molecular complexity index is 1550. The van der Waals surface area contributed by atoms with Gasteiger partial charge in [0.15, 0.2) is 5.78 Å². The molecule has 1 aliphatic heterocycles. The lowest BCUT2D eigenvalue weighted by Gasteiger charge is -2.35. The quantitative estimate of drug-likeness (QED) is 0.309. The van der Waals surface area contributed by atoms with E-state index in [0.717, 1.165) is 22.7 Å². The monoisotopic (exact) mass is 524 g/mol. The summed E-state index contributed by atoms with van der Waals surface area (Å²) < 4.78 is 19.9. The molecule has 2 unspecified atom stereocenters. The molecule has 1 N–H and O–H groups in total. The van der Waals surface area contributed by atoms with Crippen molar-refractivity contribution in [2.75, 3.05) is 17.3 Å². The molecule has 2 atom stereocenters. The van der Waals surface area contributed by atoms with Gasteiger partial charge in [-0.15, -0.1) is 11.3 Å². The molecule has 190 valence electrons. The Labute approximate surface area is 224 Å². The van der Waals surface area contributed by atoms with Gasteiger partial charge in [-0.3, -0.25) is 14.5 Å². The Morgan fingerprint density at radius 3 is 2.53 bits per heavy atom. The maximum Gasteiger partial charge on any atom is 0.269 e. The van der Waals surface area contributed by atoms with Crippen LogP contribution >= 0.6 is 11.3 Å². The molecule has 1 amide bonds. The van der Waals surface area contributed by atoms with Crippen molar-refractivity contribution in [3.63, 3.8) is 0 Å². The van der Waals surface area contributed by atoms with E-state index >= 15 is 0 Å². The lowest BCUT2D eigenvalue weighted by molar-refractivity contribution is -0.116. The van der Waals surface area contributed by atoms with Crippen LogP contribution in [0.15, 0.2) is 102 Å². The molecular formula is C31H25FN2O3S. The van der Waals surface area contributed by atoms with Crippen molar-refractivity contribution in [3.05, 3.63) is 123 Å². The van der Waals surface area contributed by atoms with Crippen LogP contribution in [0.3, 0.4) is 0 Å². The van der Waals surface area contributed by atoms with Gasteiger partial charge in [-0.25, -0.2) is 4.39 Å². The first-order valence-electron chi connectivity index (χ1n) is 12.4. The zero-order chi connectivity index (χ0) is 26.2. The molecule has 0 saturated heterocycles. The zero-order valence-electron chi connectivity index (χ0n) is 20.7. The molecule has 2 heterocycles. The summed E-state index contributed by atoms with van der Waals surface area (Å²) in [5.74, 6) is -0.00304. The number of hydrogen-bond acceptors (Lipinski definition) is 5. The summed E-state index contributed by atoms with van der Waals surface area (Å²) in [5.41, 5.74) is 4.22. The highest BCUT2D eigenvalue weighted by Crippen LogP contribution is 2.48. The molecule has 38 heavy (non-hydrogen) atoms. The number of fused-ring (bicyclic) bond motifs is 1. The highest BCUT2D eigenvalue weighted by Gasteiger charge is 2.42. The van der Waals surface area contributed by atoms with Gasteiger partial charge in [-0.1, -0.05) is 42.5 Å². The molecule has 6 rings (SSSR count). The number of carbonyl (C=O) groups excluding carboxylic acids is 2. The smallest absolute Gasteiger partial charge is 0.269 e. The van der Waals surface area contributed by atoms with Crippen molar-refractivity contribution in [2.45, 2.75) is 24.8 Å². The molecular weight excluding hydrogens is 499 g/mol. The molecule has 3 aromatic carbocycles. The number of ketones is 1. The van der Waals surface area contributed by atoms with Gasteiger partial charge in [0.25, 0.3) is 5.91 Å². The van der Waals surface area contributed by atoms with Gasteiger partial charge < -0.3 is 10.1 Å². The maximum absolute atomic E-state index is 14.6. The van der Waals surface area contributed by atoms with Crippen molar-refractivity contribution in [1.82, 2.24) is 0 Å². The van der Waals surface area contributed by atoms with Crippen LogP contribution in [0, 0.1) is 5.82 Å². The van der Waals surface area contributed by atoms with Crippen LogP contribution < -0.4 is 15.0 Å². The summed E-state index contributed by atoms with van der Waals surface area (Å²) in [4.78, 5) is 30.2. The lowest BCUT2D eigenvalue weighted by atomic mass is 9.78. The predicted molar refractivity (Wildman–Crippen MR) is 147 cm³/mol. The predicted octanol–water partition coefficient (Wildman–Crippen LogP) is 7.11. The Kier molecular flexibility index (Phi) is 6.29. The van der Waals surface area contributed by atoms with E-state index in [0.29, 0.717) is 28.1 Å². The number of amides is 1. The largest absolute Gasteiger partial charge is 0.497 e. The summed E-state index contributed by atoms with van der Waals surface area (Å²) in [5, 5.41) is 5.36. The molecule has 5 nitrogen and oxygen atoms in total. The van der Waals surface area contributed by atoms with Crippen molar-refractivity contribution in [2.24, 2.45) is 0 Å². The number of allylic oxidation sites excluding steroid dienone is 1. The number of Topliss-reactive ketones (excluding diaryl/α,β-unsaturated/α-hetero) is 1. The van der Waals surface area contributed by atoms with Crippen LogP contribution in [0.4, 0.5) is 15.8 Å². The standard InChI is InChI=1S/C31H25FN2O3S/c1-37-23-13-11-19(12-14-23)21-17-25-29(27(35)18-21)30(20-6-4-7-22(32)16-20)34(31(36)28-10-5-15-38-28)26-9-3-2-8-24(26)33-25/h2-16,21,30,33H,17-18H2,1H3. The second-order valence-corrected chi connectivity index (χ2v) is 10.4. The highest BCUT2D eigenvalue weighted by atomic mass is 32.1. The van der Waals surface area contributed by atoms with Gasteiger partial charge in [0.1, 0.15) is 11.6 Å². The third kappa shape index (κ3) is 4.29. The van der Waals surface area contributed by atoms with Crippen molar-refractivity contribution in [1.29, 1.82) is 0 Å². The van der Waals surface area contributed by atoms with Crippen molar-refractivity contribution < 1.29 is 18.7 Å². The number of nitrogens with zero attached hydrogens (tertiary/aromatic N) is 1. The van der Waals surface area contributed by atoms with E-state index < -0.39 is 11.9 Å². The fourth-order valence-corrected chi connectivity index (χ4v) is 6.10. The first-order valence-corrected chi connectivity index (χ1v) is 13.3. The Balaban J connectivity index is 1.54. The first-order chi connectivity index (χ1) is 18.5. The average molecular weight is 525 g/mol. The number of para-hydroxylation sites is 2. The Hall–Kier alpha value is -4.23. The molecule has 1 aliphatic carbocycles. The summed E-state index contributed by atoms with van der Waals surface area (Å²) >= 11 is 1.34. The van der Waals surface area contributed by atoms with Crippen LogP contribution in [-0.2, 0) is 4.79 Å². The topological polar surface area (TPSA) is 58.6 Å². The molecule has 0 spiro atoms. The Morgan fingerprint density at radius 2 is 1.79 bits per heavy atom. The number of methoxy groups -OCH3 is 1. The minimum Gasteiger partial charge on any atom is -0.497 e. The molecule has 0 radical (unpaired) electrons. The normalized spacial score (nSPS) is 18.8. The van der Waals surface area contributed by atoms with Gasteiger partial charge >= 0.3 is 0 Å². The van der Waals surface area contributed by atoms with E-state index in [1.165, 1.54) is 23.5 Å². The number of thiophene rings is 1. The zero-order valence-corrected chi connectivity index (χ0v) is 21.5. The molecule has 2 aliphatic rings. The third-order valence-electron chi connectivity index (χ3n) is 7.19. The van der Waals surface area contributed by atoms with Gasteiger partial charge in [0.05, 0.1) is 29.4 Å². The minimum atomic E-state index is -0.782. The van der Waals surface area contributed by atoms with E-state index in [4.69, 9.17) is 4.74 Å². The van der Waals surface area contributed by atoms with E-state index in [1.54, 1.807) is 30.2 Å². The van der Waals surface area contributed by atoms with E-state index in [9.17, 15) is 14.0 Å². The van der Waals surface area contributed by atoms with Gasteiger partial charge in [0.2, 0.25) is 0 Å². The first kappa shape index (κ1) is 24.1. The van der Waals surface area contributed by atoms with Crippen LogP contribution in [0.5, 0.6) is 5.75 Å². The molecule has 7 heteroatoms. The second-order valence-electron chi connectivity index (χ2n) is 9.45. The fourth-order valence-electron chi connectivity index (χ4n) is 5.44. The SMILES string of the molecule is COc1ccc(C2CC(=O)C3=C(C2)Nc2ccccc2N(C(=O)c2cccs2)C3c2cccc(F)c2)cc1. The Morgan fingerprint density at radius 1 is 0.974 bits per heavy atom. The molecule has 1 aromatic heterocycles. The fraction of sp³-hybridized carbons (Fsp3) is 0.161. The number of halogens is 1. The summed E-state index contributed by atoms with van der Waals surface area (Å²) in [6, 6.07) is 24.3. The minimum absolute atomic E-state index is 0.0421. The lowest BCUT2D eigenvalue weighted by Crippen LogP contribution is -2.38. The van der Waals surface area contributed by atoms with Crippen molar-refractivity contribution >= 4 is 34.4 Å².